The Bertz CT molecular complexity index is 787. The van der Waals surface area contributed by atoms with Crippen molar-refractivity contribution in [2.24, 2.45) is 0 Å². The molecular weight excluding hydrogens is 501 g/mol. The molecule has 5 nitrogen and oxygen atoms in total. The molecule has 0 aliphatic carbocycles. The van der Waals surface area contributed by atoms with Crippen molar-refractivity contribution in [1.29, 1.82) is 0 Å². The molecule has 2 rings (SSSR count). The maximum Gasteiger partial charge on any atom is 0.336 e. The van der Waals surface area contributed by atoms with E-state index in [0.29, 0.717) is 24.6 Å². The third-order valence-electron chi connectivity index (χ3n) is 2.88. The van der Waals surface area contributed by atoms with Gasteiger partial charge in [-0.25, -0.2) is 9.86 Å². The number of amides is 1. The van der Waals surface area contributed by atoms with Crippen LogP contribution in [0, 0.1) is 0 Å². The van der Waals surface area contributed by atoms with E-state index < -0.39 is 5.97 Å². The summed E-state index contributed by atoms with van der Waals surface area (Å²) in [4.78, 5) is 26.9. The molecule has 0 atom stereocenters. The lowest BCUT2D eigenvalue weighted by Gasteiger charge is -2.14. The van der Waals surface area contributed by atoms with Crippen molar-refractivity contribution in [3.63, 3.8) is 0 Å². The van der Waals surface area contributed by atoms with Crippen LogP contribution in [0.5, 0.6) is 0 Å². The topological polar surface area (TPSA) is 66.8 Å². The summed E-state index contributed by atoms with van der Waals surface area (Å²) in [5.41, 5.74) is 0.652. The molecule has 0 unspecified atom stereocenters. The van der Waals surface area contributed by atoms with Gasteiger partial charge in [-0.05, 0) is 68.3 Å². The van der Waals surface area contributed by atoms with E-state index in [1.807, 2.05) is 0 Å². The van der Waals surface area contributed by atoms with Gasteiger partial charge in [0, 0.05) is 26.0 Å². The minimum Gasteiger partial charge on any atom is -0.478 e. The van der Waals surface area contributed by atoms with Gasteiger partial charge < -0.3 is 5.11 Å². The van der Waals surface area contributed by atoms with E-state index in [9.17, 15) is 9.59 Å². The molecule has 0 saturated carbocycles. The third-order valence-corrected chi connectivity index (χ3v) is 4.73. The van der Waals surface area contributed by atoms with Gasteiger partial charge in [-0.1, -0.05) is 23.2 Å². The van der Waals surface area contributed by atoms with E-state index in [0.717, 1.165) is 5.06 Å². The molecule has 134 valence electrons. The molecule has 0 saturated heterocycles. The number of nitrogens with zero attached hydrogens (tertiary/aromatic N) is 1. The Labute approximate surface area is 171 Å². The number of halogens is 4. The standard InChI is InChI=1S/C9H9BrClNO2.C7H4BrClO2/c1-12(14-2)9(13)7-5-6(11)3-4-8(7)10;8-6-2-1-4(9)3-5(6)7(10)11/h3-5H,1-2H3;1-3H,(H,10,11). The van der Waals surface area contributed by atoms with Gasteiger partial charge in [0.15, 0.2) is 0 Å². The number of benzene rings is 2. The Morgan fingerprint density at radius 3 is 1.84 bits per heavy atom. The van der Waals surface area contributed by atoms with Crippen LogP contribution in [0.25, 0.3) is 0 Å². The number of carboxylic acid groups (broad SMARTS) is 1. The first-order valence-corrected chi connectivity index (χ1v) is 8.97. The van der Waals surface area contributed by atoms with Gasteiger partial charge in [-0.15, -0.1) is 0 Å². The van der Waals surface area contributed by atoms with Crippen LogP contribution >= 0.6 is 55.1 Å². The van der Waals surface area contributed by atoms with Gasteiger partial charge in [0.1, 0.15) is 0 Å². The number of hydrogen-bond acceptors (Lipinski definition) is 3. The smallest absolute Gasteiger partial charge is 0.336 e. The molecule has 0 spiro atoms. The molecule has 0 heterocycles. The Morgan fingerprint density at radius 2 is 1.44 bits per heavy atom. The third kappa shape index (κ3) is 6.60. The van der Waals surface area contributed by atoms with E-state index in [1.165, 1.54) is 20.2 Å². The minimum absolute atomic E-state index is 0.178. The van der Waals surface area contributed by atoms with E-state index in [4.69, 9.17) is 33.1 Å². The molecule has 0 radical (unpaired) electrons. The molecule has 0 aromatic heterocycles. The van der Waals surface area contributed by atoms with Gasteiger partial charge in [-0.2, -0.15) is 0 Å². The number of aromatic carboxylic acids is 1. The van der Waals surface area contributed by atoms with Crippen molar-refractivity contribution in [3.8, 4) is 0 Å². The Hall–Kier alpha value is -1.12. The number of hydrogen-bond donors (Lipinski definition) is 1. The first kappa shape index (κ1) is 21.9. The van der Waals surface area contributed by atoms with Crippen LogP contribution in [0.3, 0.4) is 0 Å². The summed E-state index contributed by atoms with van der Waals surface area (Å²) in [6, 6.07) is 9.63. The number of hydroxylamine groups is 2. The molecule has 0 bridgehead atoms. The average molecular weight is 514 g/mol. The highest BCUT2D eigenvalue weighted by atomic mass is 79.9. The van der Waals surface area contributed by atoms with E-state index in [1.54, 1.807) is 30.3 Å². The van der Waals surface area contributed by atoms with Crippen LogP contribution < -0.4 is 0 Å². The maximum absolute atomic E-state index is 11.7. The van der Waals surface area contributed by atoms with Crippen LogP contribution in [-0.2, 0) is 4.84 Å². The fourth-order valence-electron chi connectivity index (χ4n) is 1.58. The predicted octanol–water partition coefficient (Wildman–Crippen LogP) is 5.54. The molecule has 0 aliphatic rings. The lowest BCUT2D eigenvalue weighted by molar-refractivity contribution is -0.0757. The number of carboxylic acids is 1. The quantitative estimate of drug-likeness (QED) is 0.547. The van der Waals surface area contributed by atoms with E-state index >= 15 is 0 Å². The highest BCUT2D eigenvalue weighted by Gasteiger charge is 2.14. The van der Waals surface area contributed by atoms with Crippen molar-refractivity contribution in [2.45, 2.75) is 0 Å². The van der Waals surface area contributed by atoms with Crippen LogP contribution in [0.1, 0.15) is 20.7 Å². The molecule has 2 aromatic carbocycles. The molecule has 1 N–H and O–H groups in total. The highest BCUT2D eigenvalue weighted by Crippen LogP contribution is 2.22. The normalized spacial score (nSPS) is 9.84. The number of carbonyl (C=O) groups excluding carboxylic acids is 1. The molecule has 25 heavy (non-hydrogen) atoms. The van der Waals surface area contributed by atoms with Crippen LogP contribution in [0.2, 0.25) is 10.0 Å². The maximum atomic E-state index is 11.7. The van der Waals surface area contributed by atoms with Crippen molar-refractivity contribution in [3.05, 3.63) is 66.5 Å². The van der Waals surface area contributed by atoms with E-state index in [-0.39, 0.29) is 11.5 Å². The summed E-state index contributed by atoms with van der Waals surface area (Å²) in [6.45, 7) is 0. The molecule has 0 fully saturated rings. The summed E-state index contributed by atoms with van der Waals surface area (Å²) in [6.07, 6.45) is 0. The van der Waals surface area contributed by atoms with Crippen LogP contribution in [-0.4, -0.2) is 36.2 Å². The lowest BCUT2D eigenvalue weighted by atomic mass is 10.2. The zero-order valence-corrected chi connectivity index (χ0v) is 17.8. The molecular formula is C16H13Br2Cl2NO4. The van der Waals surface area contributed by atoms with Crippen molar-refractivity contribution < 1.29 is 19.5 Å². The van der Waals surface area contributed by atoms with Gasteiger partial charge in [0.05, 0.1) is 18.2 Å². The predicted molar refractivity (Wildman–Crippen MR) is 104 cm³/mol. The Morgan fingerprint density at radius 1 is 1.00 bits per heavy atom. The summed E-state index contributed by atoms with van der Waals surface area (Å²) in [5, 5.41) is 10.7. The first-order valence-electron chi connectivity index (χ1n) is 6.63. The zero-order valence-electron chi connectivity index (χ0n) is 13.1. The van der Waals surface area contributed by atoms with Gasteiger partial charge in [0.25, 0.3) is 5.91 Å². The molecule has 1 amide bonds. The van der Waals surface area contributed by atoms with Gasteiger partial charge in [-0.3, -0.25) is 9.63 Å². The van der Waals surface area contributed by atoms with E-state index in [2.05, 4.69) is 31.9 Å². The minimum atomic E-state index is -0.987. The highest BCUT2D eigenvalue weighted by molar-refractivity contribution is 9.10. The summed E-state index contributed by atoms with van der Waals surface area (Å²) in [5.74, 6) is -1.23. The second kappa shape index (κ2) is 10.1. The molecule has 9 heteroatoms. The second-order valence-corrected chi connectivity index (χ2v) is 7.12. The van der Waals surface area contributed by atoms with Crippen LogP contribution in [0.15, 0.2) is 45.3 Å². The Balaban J connectivity index is 0.000000257. The summed E-state index contributed by atoms with van der Waals surface area (Å²) >= 11 is 17.7. The molecule has 2 aromatic rings. The van der Waals surface area contributed by atoms with Crippen molar-refractivity contribution in [2.75, 3.05) is 14.2 Å². The largest absolute Gasteiger partial charge is 0.478 e. The lowest BCUT2D eigenvalue weighted by Crippen LogP contribution is -2.25. The summed E-state index contributed by atoms with van der Waals surface area (Å²) in [7, 11) is 2.96. The number of carbonyl (C=O) groups is 2. The average Bonchev–Trinajstić information content (AvgIpc) is 2.58. The fraction of sp³-hybridized carbons (Fsp3) is 0.125. The van der Waals surface area contributed by atoms with Gasteiger partial charge in [0.2, 0.25) is 0 Å². The van der Waals surface area contributed by atoms with Crippen LogP contribution in [0.4, 0.5) is 0 Å². The number of rotatable bonds is 3. The van der Waals surface area contributed by atoms with Crippen molar-refractivity contribution in [1.82, 2.24) is 5.06 Å². The Kier molecular flexibility index (Phi) is 8.88. The summed E-state index contributed by atoms with van der Waals surface area (Å²) < 4.78 is 1.23. The van der Waals surface area contributed by atoms with Gasteiger partial charge >= 0.3 is 5.97 Å². The second-order valence-electron chi connectivity index (χ2n) is 4.54. The monoisotopic (exact) mass is 511 g/mol. The fourth-order valence-corrected chi connectivity index (χ4v) is 2.75. The first-order chi connectivity index (χ1) is 11.7. The molecule has 0 aliphatic heterocycles. The zero-order chi connectivity index (χ0) is 19.1. The SMILES string of the molecule is CON(C)C(=O)c1cc(Cl)ccc1Br.O=C(O)c1cc(Cl)ccc1Br. The van der Waals surface area contributed by atoms with Crippen molar-refractivity contribution >= 4 is 66.9 Å².